The molecule has 4 N–H and O–H groups in total. The molecule has 1 aliphatic heterocycles. The van der Waals surface area contributed by atoms with Gasteiger partial charge in [-0.05, 0) is 18.4 Å². The summed E-state index contributed by atoms with van der Waals surface area (Å²) in [5.41, 5.74) is 6.48. The van der Waals surface area contributed by atoms with Crippen molar-refractivity contribution in [2.24, 2.45) is 5.73 Å². The highest BCUT2D eigenvalue weighted by Crippen LogP contribution is 2.25. The number of aromatic nitrogens is 2. The van der Waals surface area contributed by atoms with Crippen LogP contribution in [0.4, 0.5) is 11.6 Å². The number of nitrogens with zero attached hydrogens (tertiary/aromatic N) is 3. The predicted molar refractivity (Wildman–Crippen MR) is 98.3 cm³/mol. The Bertz CT molecular complexity index is 708. The Morgan fingerprint density at radius 2 is 2.16 bits per heavy atom. The largest absolute Gasteiger partial charge is 0.373 e. The quantitative estimate of drug-likeness (QED) is 0.703. The van der Waals surface area contributed by atoms with Gasteiger partial charge in [0.25, 0.3) is 0 Å². The van der Waals surface area contributed by atoms with E-state index in [1.54, 1.807) is 6.33 Å². The third kappa shape index (κ3) is 4.06. The number of nitrogens with two attached hydrogens (primary N) is 1. The molecule has 1 aromatic carbocycles. The van der Waals surface area contributed by atoms with Crippen LogP contribution in [0.3, 0.4) is 0 Å². The third-order valence-electron chi connectivity index (χ3n) is 4.56. The van der Waals surface area contributed by atoms with Crippen molar-refractivity contribution in [1.29, 1.82) is 0 Å². The summed E-state index contributed by atoms with van der Waals surface area (Å²) >= 11 is 0. The van der Waals surface area contributed by atoms with Gasteiger partial charge in [-0.1, -0.05) is 30.3 Å². The maximum absolute atomic E-state index is 11.9. The van der Waals surface area contributed by atoms with Gasteiger partial charge in [0.05, 0.1) is 0 Å². The minimum atomic E-state index is -0.484. The van der Waals surface area contributed by atoms with Crippen LogP contribution in [0.1, 0.15) is 24.4 Å². The van der Waals surface area contributed by atoms with Crippen molar-refractivity contribution in [2.45, 2.75) is 24.9 Å². The predicted octanol–water partition coefficient (Wildman–Crippen LogP) is 1.30. The second-order valence-electron chi connectivity index (χ2n) is 6.16. The van der Waals surface area contributed by atoms with E-state index in [9.17, 15) is 4.79 Å². The van der Waals surface area contributed by atoms with Gasteiger partial charge in [-0.3, -0.25) is 4.79 Å². The number of carbonyl (C=O) groups excluding carboxylic acids is 1. The zero-order chi connectivity index (χ0) is 17.6. The zero-order valence-corrected chi connectivity index (χ0v) is 14.4. The summed E-state index contributed by atoms with van der Waals surface area (Å²) < 4.78 is 0. The first-order valence-electron chi connectivity index (χ1n) is 8.53. The number of nitrogens with one attached hydrogen (secondary N) is 2. The van der Waals surface area contributed by atoms with Gasteiger partial charge in [0.2, 0.25) is 5.91 Å². The van der Waals surface area contributed by atoms with Crippen molar-refractivity contribution in [3.8, 4) is 0 Å². The Labute approximate surface area is 147 Å². The smallest absolute Gasteiger partial charge is 0.239 e. The number of anilines is 2. The fourth-order valence-electron chi connectivity index (χ4n) is 3.27. The molecular weight excluding hydrogens is 316 g/mol. The van der Waals surface area contributed by atoms with Crippen LogP contribution in [0.25, 0.3) is 0 Å². The van der Waals surface area contributed by atoms with Crippen LogP contribution in [0.2, 0.25) is 0 Å². The Morgan fingerprint density at radius 1 is 1.36 bits per heavy atom. The molecule has 1 amide bonds. The fraction of sp³-hybridized carbons (Fsp3) is 0.389. The Balaban J connectivity index is 1.69. The minimum Gasteiger partial charge on any atom is -0.373 e. The highest BCUT2D eigenvalue weighted by molar-refractivity contribution is 5.81. The first kappa shape index (κ1) is 17.2. The van der Waals surface area contributed by atoms with Gasteiger partial charge >= 0.3 is 0 Å². The summed E-state index contributed by atoms with van der Waals surface area (Å²) in [6.07, 6.45) is 3.71. The SMILES string of the molecule is CNc1cc(N2CCC[C@@H]2CN[C@@H](C(N)=O)c2ccccc2)ncn1. The molecule has 0 unspecified atom stereocenters. The molecule has 3 rings (SSSR count). The molecule has 7 heteroatoms. The van der Waals surface area contributed by atoms with E-state index in [4.69, 9.17) is 5.73 Å². The van der Waals surface area contributed by atoms with Crippen molar-refractivity contribution < 1.29 is 4.79 Å². The second-order valence-corrected chi connectivity index (χ2v) is 6.16. The monoisotopic (exact) mass is 340 g/mol. The van der Waals surface area contributed by atoms with Crippen LogP contribution in [-0.2, 0) is 4.79 Å². The van der Waals surface area contributed by atoms with E-state index in [1.165, 1.54) is 0 Å². The van der Waals surface area contributed by atoms with Gasteiger partial charge in [-0.15, -0.1) is 0 Å². The number of hydrogen-bond acceptors (Lipinski definition) is 6. The van der Waals surface area contributed by atoms with Gasteiger partial charge in [0.1, 0.15) is 24.0 Å². The third-order valence-corrected chi connectivity index (χ3v) is 4.56. The Hall–Kier alpha value is -2.67. The Kier molecular flexibility index (Phi) is 5.45. The average Bonchev–Trinajstić information content (AvgIpc) is 3.11. The Morgan fingerprint density at radius 3 is 2.88 bits per heavy atom. The van der Waals surface area contributed by atoms with Crippen LogP contribution in [-0.4, -0.2) is 42.1 Å². The van der Waals surface area contributed by atoms with E-state index < -0.39 is 6.04 Å². The minimum absolute atomic E-state index is 0.269. The van der Waals surface area contributed by atoms with Crippen LogP contribution >= 0.6 is 0 Å². The van der Waals surface area contributed by atoms with Crippen molar-refractivity contribution >= 4 is 17.5 Å². The van der Waals surface area contributed by atoms with Crippen LogP contribution in [0.15, 0.2) is 42.7 Å². The number of primary amides is 1. The lowest BCUT2D eigenvalue weighted by molar-refractivity contribution is -0.120. The molecule has 0 spiro atoms. The molecule has 1 saturated heterocycles. The number of amides is 1. The molecule has 0 saturated carbocycles. The first-order valence-corrected chi connectivity index (χ1v) is 8.53. The lowest BCUT2D eigenvalue weighted by Gasteiger charge is -2.27. The molecule has 132 valence electrons. The molecule has 1 fully saturated rings. The van der Waals surface area contributed by atoms with Gasteiger partial charge in [-0.2, -0.15) is 0 Å². The molecule has 2 heterocycles. The van der Waals surface area contributed by atoms with Gasteiger partial charge in [0.15, 0.2) is 0 Å². The molecule has 0 aliphatic carbocycles. The standard InChI is InChI=1S/C18H24N6O/c1-20-15-10-16(23-12-22-15)24-9-5-8-14(24)11-21-17(18(19)25)13-6-3-2-4-7-13/h2-4,6-7,10,12,14,17,21H,5,8-9,11H2,1H3,(H2,19,25)(H,20,22,23)/t14-,17-/m1/s1. The van der Waals surface area contributed by atoms with Crippen LogP contribution in [0, 0.1) is 0 Å². The highest BCUT2D eigenvalue weighted by atomic mass is 16.1. The molecule has 7 nitrogen and oxygen atoms in total. The topological polar surface area (TPSA) is 96.2 Å². The molecule has 1 aliphatic rings. The maximum atomic E-state index is 11.9. The molecular formula is C18H24N6O. The molecule has 0 bridgehead atoms. The number of carbonyl (C=O) groups is 1. The van der Waals surface area contributed by atoms with Crippen molar-refractivity contribution in [2.75, 3.05) is 30.4 Å². The summed E-state index contributed by atoms with van der Waals surface area (Å²) in [6.45, 7) is 1.61. The molecule has 25 heavy (non-hydrogen) atoms. The van der Waals surface area contributed by atoms with Crippen molar-refractivity contribution in [1.82, 2.24) is 15.3 Å². The van der Waals surface area contributed by atoms with Crippen molar-refractivity contribution in [3.05, 3.63) is 48.3 Å². The van der Waals surface area contributed by atoms with E-state index in [0.29, 0.717) is 6.54 Å². The lowest BCUT2D eigenvalue weighted by atomic mass is 10.1. The van der Waals surface area contributed by atoms with E-state index in [0.717, 1.165) is 36.6 Å². The van der Waals surface area contributed by atoms with Gasteiger partial charge < -0.3 is 21.3 Å². The second kappa shape index (κ2) is 7.94. The molecule has 2 atom stereocenters. The van der Waals surface area contributed by atoms with Gasteiger partial charge in [0, 0.05) is 32.2 Å². The molecule has 2 aromatic rings. The summed E-state index contributed by atoms with van der Waals surface area (Å²) in [5, 5.41) is 6.37. The van der Waals surface area contributed by atoms with Gasteiger partial charge in [-0.25, -0.2) is 9.97 Å². The summed E-state index contributed by atoms with van der Waals surface area (Å²) in [7, 11) is 1.84. The number of hydrogen-bond donors (Lipinski definition) is 3. The van der Waals surface area contributed by atoms with E-state index in [1.807, 2.05) is 43.4 Å². The van der Waals surface area contributed by atoms with Crippen LogP contribution in [0.5, 0.6) is 0 Å². The van der Waals surface area contributed by atoms with E-state index in [-0.39, 0.29) is 11.9 Å². The molecule has 1 aromatic heterocycles. The molecule has 0 radical (unpaired) electrons. The number of rotatable bonds is 7. The lowest BCUT2D eigenvalue weighted by Crippen LogP contribution is -2.43. The first-order chi connectivity index (χ1) is 12.2. The number of benzene rings is 1. The van der Waals surface area contributed by atoms with E-state index in [2.05, 4.69) is 25.5 Å². The average molecular weight is 340 g/mol. The zero-order valence-electron chi connectivity index (χ0n) is 14.4. The van der Waals surface area contributed by atoms with Crippen molar-refractivity contribution in [3.63, 3.8) is 0 Å². The highest BCUT2D eigenvalue weighted by Gasteiger charge is 2.27. The summed E-state index contributed by atoms with van der Waals surface area (Å²) in [4.78, 5) is 22.7. The summed E-state index contributed by atoms with van der Waals surface area (Å²) in [5.74, 6) is 1.33. The van der Waals surface area contributed by atoms with Crippen LogP contribution < -0.4 is 21.3 Å². The van der Waals surface area contributed by atoms with E-state index >= 15 is 0 Å². The normalized spacial score (nSPS) is 18.1. The maximum Gasteiger partial charge on any atom is 0.239 e. The fourth-order valence-corrected chi connectivity index (χ4v) is 3.27. The summed E-state index contributed by atoms with van der Waals surface area (Å²) in [6, 6.07) is 11.3.